The SMILES string of the molecule is O=[P+](O)O[P+](=O)O.OCC(Cl)(Cl)Cl. The molecule has 0 spiro atoms. The summed E-state index contributed by atoms with van der Waals surface area (Å²) < 4.78 is 20.7. The normalized spacial score (nSPS) is 12.8. The lowest BCUT2D eigenvalue weighted by Crippen LogP contribution is -2.06. The maximum atomic E-state index is 9.39. The minimum atomic E-state index is -2.92. The van der Waals surface area contributed by atoms with Crippen molar-refractivity contribution in [3.63, 3.8) is 0 Å². The standard InChI is InChI=1S/C2H3Cl3O.O5P2/c3-2(4,5)1-6;1-6(2)5-7(3)4/h6H,1H2;/p+2. The van der Waals surface area contributed by atoms with Gasteiger partial charge >= 0.3 is 16.5 Å². The van der Waals surface area contributed by atoms with E-state index in [-0.39, 0.29) is 0 Å². The van der Waals surface area contributed by atoms with Gasteiger partial charge in [0.2, 0.25) is 3.79 Å². The van der Waals surface area contributed by atoms with E-state index in [0.717, 1.165) is 0 Å². The van der Waals surface area contributed by atoms with Crippen LogP contribution in [-0.2, 0) is 13.4 Å². The van der Waals surface area contributed by atoms with Gasteiger partial charge in [0, 0.05) is 9.13 Å². The van der Waals surface area contributed by atoms with Gasteiger partial charge in [0.25, 0.3) is 0 Å². The maximum absolute atomic E-state index is 9.39. The van der Waals surface area contributed by atoms with Crippen LogP contribution in [0.2, 0.25) is 0 Å². The molecule has 0 aromatic rings. The molecule has 11 heteroatoms. The summed E-state index contributed by atoms with van der Waals surface area (Å²) in [6.45, 7) is -0.433. The van der Waals surface area contributed by atoms with Gasteiger partial charge in [0.05, 0.1) is 6.61 Å². The van der Waals surface area contributed by atoms with Gasteiger partial charge in [0.15, 0.2) is 4.31 Å². The Bertz CT molecular complexity index is 167. The molecule has 0 rings (SSSR count). The fourth-order valence-electron chi connectivity index (χ4n) is 0.0598. The molecule has 0 aliphatic carbocycles. The van der Waals surface area contributed by atoms with Gasteiger partial charge in [-0.2, -0.15) is 0 Å². The number of halogens is 3. The largest absolute Gasteiger partial charge is 0.745 e. The number of rotatable bonds is 2. The van der Waals surface area contributed by atoms with E-state index in [1.54, 1.807) is 0 Å². The lowest BCUT2D eigenvalue weighted by atomic mass is 10.9. The Hall–Kier alpha value is 0.910. The Morgan fingerprint density at radius 1 is 1.15 bits per heavy atom. The van der Waals surface area contributed by atoms with Crippen LogP contribution in [0.15, 0.2) is 0 Å². The molecular formula is C2H5Cl3O6P2+2. The zero-order valence-electron chi connectivity index (χ0n) is 5.80. The minimum Gasteiger partial charge on any atom is -0.392 e. The van der Waals surface area contributed by atoms with E-state index in [2.05, 4.69) is 4.31 Å². The van der Waals surface area contributed by atoms with E-state index < -0.39 is 26.9 Å². The van der Waals surface area contributed by atoms with E-state index in [1.165, 1.54) is 0 Å². The lowest BCUT2D eigenvalue weighted by molar-refractivity contribution is 0.303. The van der Waals surface area contributed by atoms with Crippen LogP contribution in [0, 0.1) is 0 Å². The summed E-state index contributed by atoms with van der Waals surface area (Å²) in [5, 5.41) is 8.01. The van der Waals surface area contributed by atoms with Gasteiger partial charge in [-0.05, 0) is 0 Å². The second-order valence-corrected chi connectivity index (χ2v) is 5.45. The Morgan fingerprint density at radius 2 is 1.38 bits per heavy atom. The molecule has 78 valence electrons. The first-order valence-electron chi connectivity index (χ1n) is 2.37. The van der Waals surface area contributed by atoms with Crippen molar-refractivity contribution in [2.45, 2.75) is 3.79 Å². The summed E-state index contributed by atoms with van der Waals surface area (Å²) in [7, 11) is -5.85. The highest BCUT2D eigenvalue weighted by Gasteiger charge is 2.31. The number of hydrogen-bond donors (Lipinski definition) is 3. The van der Waals surface area contributed by atoms with Crippen molar-refractivity contribution in [1.82, 2.24) is 0 Å². The molecule has 3 N–H and O–H groups in total. The Kier molecular flexibility index (Phi) is 10.4. The van der Waals surface area contributed by atoms with Crippen LogP contribution in [0.4, 0.5) is 0 Å². The first-order chi connectivity index (χ1) is 5.69. The maximum Gasteiger partial charge on any atom is 0.745 e. The molecule has 0 aliphatic heterocycles. The first kappa shape index (κ1) is 16.3. The molecule has 13 heavy (non-hydrogen) atoms. The zero-order chi connectivity index (χ0) is 11.1. The number of aliphatic hydroxyl groups is 1. The van der Waals surface area contributed by atoms with Crippen molar-refractivity contribution in [3.8, 4) is 0 Å². The summed E-state index contributed by atoms with van der Waals surface area (Å²) in [5.41, 5.74) is 0. The summed E-state index contributed by atoms with van der Waals surface area (Å²) in [4.78, 5) is 15.3. The number of alkyl halides is 3. The van der Waals surface area contributed by atoms with Crippen molar-refractivity contribution in [2.75, 3.05) is 6.61 Å². The third kappa shape index (κ3) is 24.6. The lowest BCUT2D eigenvalue weighted by Gasteiger charge is -2.01. The van der Waals surface area contributed by atoms with Gasteiger partial charge < -0.3 is 5.11 Å². The van der Waals surface area contributed by atoms with E-state index in [9.17, 15) is 9.13 Å². The third-order valence-electron chi connectivity index (χ3n) is 0.319. The fourth-order valence-corrected chi connectivity index (χ4v) is 0.538. The number of aliphatic hydroxyl groups excluding tert-OH is 1. The highest BCUT2D eigenvalue weighted by molar-refractivity contribution is 7.46. The van der Waals surface area contributed by atoms with Crippen LogP contribution < -0.4 is 0 Å². The molecule has 0 amide bonds. The van der Waals surface area contributed by atoms with Crippen LogP contribution in [0.1, 0.15) is 0 Å². The van der Waals surface area contributed by atoms with Crippen molar-refractivity contribution in [2.24, 2.45) is 0 Å². The molecule has 0 saturated heterocycles. The zero-order valence-corrected chi connectivity index (χ0v) is 9.86. The molecule has 0 aliphatic rings. The van der Waals surface area contributed by atoms with Crippen LogP contribution in [0.3, 0.4) is 0 Å². The summed E-state index contributed by atoms with van der Waals surface area (Å²) in [6, 6.07) is 0. The average molecular weight is 293 g/mol. The molecule has 0 fully saturated rings. The molecule has 0 aromatic heterocycles. The summed E-state index contributed by atoms with van der Waals surface area (Å²) in [6.07, 6.45) is 0. The predicted octanol–water partition coefficient (Wildman–Crippen LogP) is 1.65. The molecule has 0 radical (unpaired) electrons. The smallest absolute Gasteiger partial charge is 0.392 e. The third-order valence-corrected chi connectivity index (χ3v) is 1.80. The monoisotopic (exact) mass is 292 g/mol. The van der Waals surface area contributed by atoms with Gasteiger partial charge in [-0.3, -0.25) is 0 Å². The van der Waals surface area contributed by atoms with E-state index in [4.69, 9.17) is 49.7 Å². The van der Waals surface area contributed by atoms with Crippen molar-refractivity contribution >= 4 is 51.3 Å². The highest BCUT2D eigenvalue weighted by Crippen LogP contribution is 2.30. The molecule has 0 heterocycles. The topological polar surface area (TPSA) is 104 Å². The van der Waals surface area contributed by atoms with Crippen molar-refractivity contribution < 1.29 is 28.3 Å². The van der Waals surface area contributed by atoms with Crippen molar-refractivity contribution in [3.05, 3.63) is 0 Å². The van der Waals surface area contributed by atoms with Gasteiger partial charge in [0.1, 0.15) is 0 Å². The molecular weight excluding hydrogens is 288 g/mol. The first-order valence-corrected chi connectivity index (χ1v) is 5.76. The quantitative estimate of drug-likeness (QED) is 0.528. The molecule has 6 nitrogen and oxygen atoms in total. The molecule has 2 unspecified atom stereocenters. The Labute approximate surface area is 90.3 Å². The predicted molar refractivity (Wildman–Crippen MR) is 48.1 cm³/mol. The second kappa shape index (κ2) is 8.24. The number of hydrogen-bond acceptors (Lipinski definition) is 4. The molecule has 0 saturated carbocycles. The molecule has 2 atom stereocenters. The highest BCUT2D eigenvalue weighted by atomic mass is 35.6. The molecule has 0 aromatic carbocycles. The van der Waals surface area contributed by atoms with E-state index in [0.29, 0.717) is 0 Å². The van der Waals surface area contributed by atoms with E-state index >= 15 is 0 Å². The van der Waals surface area contributed by atoms with Crippen LogP contribution in [0.5, 0.6) is 0 Å². The minimum absolute atomic E-state index is 0.433. The summed E-state index contributed by atoms with van der Waals surface area (Å²) >= 11 is 15.0. The Morgan fingerprint density at radius 3 is 1.38 bits per heavy atom. The van der Waals surface area contributed by atoms with Gasteiger partial charge in [-0.1, -0.05) is 34.8 Å². The Balaban J connectivity index is 0. The molecule has 0 bridgehead atoms. The van der Waals surface area contributed by atoms with Gasteiger partial charge in [-0.25, -0.2) is 0 Å². The van der Waals surface area contributed by atoms with Crippen LogP contribution >= 0.6 is 51.3 Å². The second-order valence-electron chi connectivity index (χ2n) is 1.33. The van der Waals surface area contributed by atoms with Crippen molar-refractivity contribution in [1.29, 1.82) is 0 Å². The summed E-state index contributed by atoms with van der Waals surface area (Å²) in [5.74, 6) is 0. The fraction of sp³-hybridized carbons (Fsp3) is 1.00. The van der Waals surface area contributed by atoms with E-state index in [1.807, 2.05) is 0 Å². The van der Waals surface area contributed by atoms with Gasteiger partial charge in [-0.15, -0.1) is 9.79 Å². The van der Waals surface area contributed by atoms with Crippen LogP contribution in [-0.4, -0.2) is 25.3 Å². The van der Waals surface area contributed by atoms with Crippen LogP contribution in [0.25, 0.3) is 0 Å². The average Bonchev–Trinajstić information content (AvgIpc) is 1.84.